The van der Waals surface area contributed by atoms with Crippen molar-refractivity contribution in [3.63, 3.8) is 0 Å². The standard InChI is InChI=1S/C9H16N4O/c1-5-8(12-13-11)3-7(6(2)10)4-9(5)14/h5-8H,3-4,10H2,1-2H3/t5-,6?,7?,8?/m1/s1. The molecule has 1 aliphatic rings. The predicted molar refractivity (Wildman–Crippen MR) is 53.5 cm³/mol. The minimum Gasteiger partial charge on any atom is -0.328 e. The van der Waals surface area contributed by atoms with Crippen LogP contribution in [0.2, 0.25) is 0 Å². The van der Waals surface area contributed by atoms with E-state index < -0.39 is 0 Å². The largest absolute Gasteiger partial charge is 0.328 e. The average molecular weight is 196 g/mol. The first kappa shape index (κ1) is 11.0. The van der Waals surface area contributed by atoms with Crippen LogP contribution in [-0.2, 0) is 4.79 Å². The van der Waals surface area contributed by atoms with Crippen LogP contribution in [0.1, 0.15) is 26.7 Å². The Morgan fingerprint density at radius 2 is 2.36 bits per heavy atom. The second-order valence-corrected chi connectivity index (χ2v) is 4.09. The Labute approximate surface area is 83.3 Å². The van der Waals surface area contributed by atoms with Crippen molar-refractivity contribution in [2.75, 3.05) is 0 Å². The summed E-state index contributed by atoms with van der Waals surface area (Å²) in [7, 11) is 0. The van der Waals surface area contributed by atoms with Crippen molar-refractivity contribution in [2.24, 2.45) is 22.7 Å². The van der Waals surface area contributed by atoms with Crippen LogP contribution >= 0.6 is 0 Å². The van der Waals surface area contributed by atoms with Gasteiger partial charge in [0.2, 0.25) is 0 Å². The van der Waals surface area contributed by atoms with Crippen LogP contribution in [0.15, 0.2) is 5.11 Å². The highest BCUT2D eigenvalue weighted by atomic mass is 16.1. The molecule has 0 spiro atoms. The fourth-order valence-electron chi connectivity index (χ4n) is 1.87. The monoisotopic (exact) mass is 196 g/mol. The first-order valence-electron chi connectivity index (χ1n) is 4.88. The number of Topliss-reactive ketones (excluding diaryl/α,β-unsaturated/α-hetero) is 1. The van der Waals surface area contributed by atoms with Gasteiger partial charge in [-0.05, 0) is 24.8 Å². The Bertz CT molecular complexity index is 270. The summed E-state index contributed by atoms with van der Waals surface area (Å²) in [5.41, 5.74) is 14.1. The molecule has 4 atom stereocenters. The normalized spacial score (nSPS) is 34.8. The maximum Gasteiger partial charge on any atom is 0.136 e. The number of carbonyl (C=O) groups is 1. The van der Waals surface area contributed by atoms with Crippen molar-refractivity contribution in [1.82, 2.24) is 0 Å². The zero-order chi connectivity index (χ0) is 10.7. The Morgan fingerprint density at radius 3 is 2.86 bits per heavy atom. The van der Waals surface area contributed by atoms with Crippen molar-refractivity contribution in [2.45, 2.75) is 38.8 Å². The molecule has 0 aromatic carbocycles. The molecule has 0 radical (unpaired) electrons. The van der Waals surface area contributed by atoms with Crippen molar-refractivity contribution < 1.29 is 4.79 Å². The molecule has 0 saturated heterocycles. The van der Waals surface area contributed by atoms with Crippen molar-refractivity contribution in [3.8, 4) is 0 Å². The van der Waals surface area contributed by atoms with Crippen LogP contribution in [-0.4, -0.2) is 17.9 Å². The Morgan fingerprint density at radius 1 is 1.71 bits per heavy atom. The van der Waals surface area contributed by atoms with Gasteiger partial charge in [0.05, 0.1) is 0 Å². The number of hydrogen-bond acceptors (Lipinski definition) is 3. The molecule has 1 rings (SSSR count). The van der Waals surface area contributed by atoms with Crippen LogP contribution < -0.4 is 5.73 Å². The van der Waals surface area contributed by atoms with Gasteiger partial charge in [0.15, 0.2) is 0 Å². The smallest absolute Gasteiger partial charge is 0.136 e. The first-order chi connectivity index (χ1) is 6.56. The second kappa shape index (κ2) is 4.44. The lowest BCUT2D eigenvalue weighted by Crippen LogP contribution is -2.40. The van der Waals surface area contributed by atoms with Gasteiger partial charge in [-0.2, -0.15) is 0 Å². The molecule has 1 aliphatic carbocycles. The maximum atomic E-state index is 11.6. The van der Waals surface area contributed by atoms with Gasteiger partial charge in [0.1, 0.15) is 5.78 Å². The molecule has 0 amide bonds. The van der Waals surface area contributed by atoms with Gasteiger partial charge in [0.25, 0.3) is 0 Å². The van der Waals surface area contributed by atoms with Gasteiger partial charge in [-0.1, -0.05) is 12.0 Å². The van der Waals surface area contributed by atoms with E-state index in [1.54, 1.807) is 0 Å². The van der Waals surface area contributed by atoms with E-state index in [-0.39, 0.29) is 29.7 Å². The van der Waals surface area contributed by atoms with Gasteiger partial charge in [0, 0.05) is 29.3 Å². The molecular weight excluding hydrogens is 180 g/mol. The van der Waals surface area contributed by atoms with Crippen molar-refractivity contribution in [3.05, 3.63) is 10.4 Å². The first-order valence-corrected chi connectivity index (χ1v) is 4.88. The summed E-state index contributed by atoms with van der Waals surface area (Å²) < 4.78 is 0. The summed E-state index contributed by atoms with van der Waals surface area (Å²) in [6, 6.07) is -0.222. The van der Waals surface area contributed by atoms with Crippen LogP contribution in [0.5, 0.6) is 0 Å². The Hall–Kier alpha value is -1.06. The molecular formula is C9H16N4O. The van der Waals surface area contributed by atoms with Crippen LogP contribution in [0.3, 0.4) is 0 Å². The van der Waals surface area contributed by atoms with Gasteiger partial charge >= 0.3 is 0 Å². The van der Waals surface area contributed by atoms with Gasteiger partial charge < -0.3 is 5.73 Å². The number of ketones is 1. The van der Waals surface area contributed by atoms with Crippen LogP contribution in [0.4, 0.5) is 0 Å². The zero-order valence-electron chi connectivity index (χ0n) is 8.55. The van der Waals surface area contributed by atoms with E-state index in [2.05, 4.69) is 10.0 Å². The topological polar surface area (TPSA) is 91.9 Å². The predicted octanol–water partition coefficient (Wildman–Crippen LogP) is 1.63. The summed E-state index contributed by atoms with van der Waals surface area (Å²) in [6.45, 7) is 3.71. The summed E-state index contributed by atoms with van der Waals surface area (Å²) >= 11 is 0. The number of hydrogen-bond donors (Lipinski definition) is 1. The van der Waals surface area contributed by atoms with E-state index >= 15 is 0 Å². The summed E-state index contributed by atoms with van der Waals surface area (Å²) in [5.74, 6) is 0.172. The molecule has 1 fully saturated rings. The van der Waals surface area contributed by atoms with Gasteiger partial charge in [-0.15, -0.1) is 0 Å². The number of azide groups is 1. The minimum atomic E-state index is -0.211. The molecule has 78 valence electrons. The van der Waals surface area contributed by atoms with Gasteiger partial charge in [-0.25, -0.2) is 0 Å². The quantitative estimate of drug-likeness (QED) is 0.413. The van der Waals surface area contributed by atoms with E-state index in [0.717, 1.165) is 6.42 Å². The van der Waals surface area contributed by atoms with Crippen molar-refractivity contribution >= 4 is 5.78 Å². The van der Waals surface area contributed by atoms with E-state index in [0.29, 0.717) is 6.42 Å². The SMILES string of the molecule is CC(N)C1CC(=O)[C@H](C)C(N=[N+]=[N-])C1. The van der Waals surface area contributed by atoms with Gasteiger partial charge in [-0.3, -0.25) is 4.79 Å². The highest BCUT2D eigenvalue weighted by Gasteiger charge is 2.34. The molecule has 0 aliphatic heterocycles. The fraction of sp³-hybridized carbons (Fsp3) is 0.889. The number of carbonyl (C=O) groups excluding carboxylic acids is 1. The van der Waals surface area contributed by atoms with E-state index in [1.807, 2.05) is 13.8 Å². The second-order valence-electron chi connectivity index (χ2n) is 4.09. The minimum absolute atomic E-state index is 0.0113. The Balaban J connectivity index is 2.76. The number of rotatable bonds is 2. The molecule has 5 heteroatoms. The molecule has 5 nitrogen and oxygen atoms in total. The fourth-order valence-corrected chi connectivity index (χ4v) is 1.87. The number of nitrogens with zero attached hydrogens (tertiary/aromatic N) is 3. The Kier molecular flexibility index (Phi) is 3.49. The molecule has 2 N–H and O–H groups in total. The summed E-state index contributed by atoms with van der Waals surface area (Å²) in [5, 5.41) is 3.65. The lowest BCUT2D eigenvalue weighted by molar-refractivity contribution is -0.126. The lowest BCUT2D eigenvalue weighted by atomic mass is 9.76. The zero-order valence-corrected chi connectivity index (χ0v) is 8.55. The van der Waals surface area contributed by atoms with E-state index in [1.165, 1.54) is 0 Å². The summed E-state index contributed by atoms with van der Waals surface area (Å²) in [4.78, 5) is 14.3. The molecule has 3 unspecified atom stereocenters. The lowest BCUT2D eigenvalue weighted by Gasteiger charge is -2.32. The van der Waals surface area contributed by atoms with Crippen LogP contribution in [0.25, 0.3) is 10.4 Å². The average Bonchev–Trinajstić information content (AvgIpc) is 2.12. The van der Waals surface area contributed by atoms with Crippen molar-refractivity contribution in [1.29, 1.82) is 0 Å². The maximum absolute atomic E-state index is 11.6. The molecule has 14 heavy (non-hydrogen) atoms. The van der Waals surface area contributed by atoms with Crippen LogP contribution in [0, 0.1) is 11.8 Å². The third kappa shape index (κ3) is 2.25. The number of nitrogens with two attached hydrogens (primary N) is 1. The summed E-state index contributed by atoms with van der Waals surface area (Å²) in [6.07, 6.45) is 1.25. The third-order valence-corrected chi connectivity index (χ3v) is 3.04. The molecule has 0 aromatic heterocycles. The van der Waals surface area contributed by atoms with E-state index in [4.69, 9.17) is 11.3 Å². The molecule has 0 bridgehead atoms. The highest BCUT2D eigenvalue weighted by molar-refractivity contribution is 5.82. The van der Waals surface area contributed by atoms with E-state index in [9.17, 15) is 4.79 Å². The molecule has 0 heterocycles. The molecule has 0 aromatic rings. The highest BCUT2D eigenvalue weighted by Crippen LogP contribution is 2.30. The third-order valence-electron chi connectivity index (χ3n) is 3.04. The molecule has 1 saturated carbocycles.